The van der Waals surface area contributed by atoms with E-state index in [1.165, 1.54) is 4.90 Å². The van der Waals surface area contributed by atoms with Crippen molar-refractivity contribution in [1.82, 2.24) is 14.7 Å². The van der Waals surface area contributed by atoms with Crippen molar-refractivity contribution < 1.29 is 33.7 Å². The molecule has 0 aliphatic carbocycles. The van der Waals surface area contributed by atoms with Crippen LogP contribution >= 0.6 is 0 Å². The molecule has 0 aromatic heterocycles. The first-order valence-corrected chi connectivity index (χ1v) is 14.7. The molecule has 0 saturated carbocycles. The Morgan fingerprint density at radius 1 is 0.976 bits per heavy atom. The van der Waals surface area contributed by atoms with E-state index in [0.29, 0.717) is 51.3 Å². The van der Waals surface area contributed by atoms with E-state index in [1.54, 1.807) is 4.90 Å². The lowest BCUT2D eigenvalue weighted by molar-refractivity contribution is -0.161. The maximum absolute atomic E-state index is 14.6. The summed E-state index contributed by atoms with van der Waals surface area (Å²) in [7, 11) is 0. The van der Waals surface area contributed by atoms with Gasteiger partial charge in [-0.3, -0.25) is 19.3 Å². The zero-order chi connectivity index (χ0) is 28.6. The summed E-state index contributed by atoms with van der Waals surface area (Å²) in [6.07, 6.45) is 8.96. The van der Waals surface area contributed by atoms with E-state index in [1.807, 2.05) is 61.6 Å². The van der Waals surface area contributed by atoms with Gasteiger partial charge >= 0.3 is 5.97 Å². The topological polar surface area (TPSA) is 109 Å². The summed E-state index contributed by atoms with van der Waals surface area (Å²) in [6, 6.07) is 7.37. The Hall–Kier alpha value is -3.05. The van der Waals surface area contributed by atoms with E-state index in [4.69, 9.17) is 14.2 Å². The number of benzene rings is 1. The fourth-order valence-corrected chi connectivity index (χ4v) is 7.27. The highest BCUT2D eigenvalue weighted by Crippen LogP contribution is 2.58. The highest BCUT2D eigenvalue weighted by molar-refractivity contribution is 5.99. The Labute approximate surface area is 240 Å². The van der Waals surface area contributed by atoms with Gasteiger partial charge in [-0.2, -0.15) is 0 Å². The molecule has 10 nitrogen and oxygen atoms in total. The molecule has 41 heavy (non-hydrogen) atoms. The minimum absolute atomic E-state index is 0.249. The summed E-state index contributed by atoms with van der Waals surface area (Å²) in [6.45, 7) is 6.12. The number of hydrogen-bond acceptors (Lipinski definition) is 8. The van der Waals surface area contributed by atoms with Gasteiger partial charge in [0.25, 0.3) is 0 Å². The number of likely N-dealkylation sites (tertiary alicyclic amines) is 1. The second kappa shape index (κ2) is 11.3. The number of allylic oxidation sites excluding steroid dienone is 1. The van der Waals surface area contributed by atoms with Crippen LogP contribution in [0.1, 0.15) is 31.4 Å². The van der Waals surface area contributed by atoms with Gasteiger partial charge in [-0.15, -0.1) is 0 Å². The summed E-state index contributed by atoms with van der Waals surface area (Å²) >= 11 is 0. The van der Waals surface area contributed by atoms with Crippen LogP contribution < -0.4 is 0 Å². The summed E-state index contributed by atoms with van der Waals surface area (Å²) < 4.78 is 18.0. The molecule has 220 valence electrons. The Kier molecular flexibility index (Phi) is 7.76. The maximum atomic E-state index is 14.6. The zero-order valence-electron chi connectivity index (χ0n) is 23.5. The average Bonchev–Trinajstić information content (AvgIpc) is 3.34. The number of morpholine rings is 1. The van der Waals surface area contributed by atoms with E-state index < -0.39 is 41.1 Å². The fourth-order valence-electron chi connectivity index (χ4n) is 7.27. The third kappa shape index (κ3) is 4.80. The van der Waals surface area contributed by atoms with Crippen LogP contribution in [0.2, 0.25) is 0 Å². The molecule has 2 amide bonds. The SMILES string of the molecule is C[C@@]12/C=C\CCCOC(=O)[C@@H]1[C@H]1C(=O)N([C@H](CO)c3ccccc3)C3C(=O)N(CCN4CCOCC4)CC=C[C@@]31O2. The van der Waals surface area contributed by atoms with Crippen LogP contribution in [0.5, 0.6) is 0 Å². The number of nitrogens with zero attached hydrogens (tertiary/aromatic N) is 3. The maximum Gasteiger partial charge on any atom is 0.313 e. The minimum atomic E-state index is -1.40. The quantitative estimate of drug-likeness (QED) is 0.407. The van der Waals surface area contributed by atoms with Crippen molar-refractivity contribution in [3.05, 3.63) is 60.2 Å². The predicted molar refractivity (Wildman–Crippen MR) is 148 cm³/mol. The lowest BCUT2D eigenvalue weighted by atomic mass is 9.74. The van der Waals surface area contributed by atoms with Crippen LogP contribution in [0.3, 0.4) is 0 Å². The molecule has 3 saturated heterocycles. The molecule has 0 bridgehead atoms. The van der Waals surface area contributed by atoms with Gasteiger partial charge < -0.3 is 29.1 Å². The van der Waals surface area contributed by atoms with Gasteiger partial charge in [0.15, 0.2) is 0 Å². The number of ether oxygens (including phenoxy) is 3. The Bertz CT molecular complexity index is 1220. The summed E-state index contributed by atoms with van der Waals surface area (Å²) in [5.41, 5.74) is -1.83. The number of cyclic esters (lactones) is 1. The Balaban J connectivity index is 1.43. The average molecular weight is 566 g/mol. The van der Waals surface area contributed by atoms with Crippen LogP contribution in [0.15, 0.2) is 54.6 Å². The molecular weight excluding hydrogens is 526 g/mol. The molecule has 5 heterocycles. The number of hydrogen-bond donors (Lipinski definition) is 1. The van der Waals surface area contributed by atoms with Crippen molar-refractivity contribution >= 4 is 17.8 Å². The van der Waals surface area contributed by atoms with Gasteiger partial charge in [0.1, 0.15) is 17.6 Å². The van der Waals surface area contributed by atoms with Crippen LogP contribution in [-0.4, -0.2) is 114 Å². The molecular formula is C31H39N3O7. The molecule has 0 radical (unpaired) electrons. The number of rotatable bonds is 6. The Morgan fingerprint density at radius 3 is 2.51 bits per heavy atom. The third-order valence-corrected chi connectivity index (χ3v) is 9.25. The lowest BCUT2D eigenvalue weighted by Gasteiger charge is -2.40. The minimum Gasteiger partial charge on any atom is -0.465 e. The third-order valence-electron chi connectivity index (χ3n) is 9.25. The first-order valence-electron chi connectivity index (χ1n) is 14.7. The normalized spacial score (nSPS) is 35.5. The molecule has 1 aromatic carbocycles. The molecule has 1 unspecified atom stereocenters. The van der Waals surface area contributed by atoms with E-state index in [2.05, 4.69) is 4.90 Å². The summed E-state index contributed by atoms with van der Waals surface area (Å²) in [4.78, 5) is 48.3. The number of amides is 2. The van der Waals surface area contributed by atoms with Gasteiger partial charge in [0, 0.05) is 32.7 Å². The first-order chi connectivity index (χ1) is 19.9. The number of esters is 1. The molecule has 1 aromatic rings. The zero-order valence-corrected chi connectivity index (χ0v) is 23.5. The lowest BCUT2D eigenvalue weighted by Crippen LogP contribution is -2.57. The van der Waals surface area contributed by atoms with Gasteiger partial charge in [0.2, 0.25) is 11.8 Å². The van der Waals surface area contributed by atoms with Crippen molar-refractivity contribution in [2.45, 2.75) is 43.1 Å². The molecule has 10 heteroatoms. The molecule has 1 spiro atoms. The summed E-state index contributed by atoms with van der Waals surface area (Å²) in [5, 5.41) is 10.7. The van der Waals surface area contributed by atoms with Gasteiger partial charge in [0.05, 0.1) is 44.0 Å². The highest BCUT2D eigenvalue weighted by atomic mass is 16.6. The van der Waals surface area contributed by atoms with E-state index in [9.17, 15) is 19.5 Å². The monoisotopic (exact) mass is 565 g/mol. The molecule has 6 atom stereocenters. The van der Waals surface area contributed by atoms with Crippen molar-refractivity contribution in [2.75, 3.05) is 59.2 Å². The van der Waals surface area contributed by atoms with E-state index in [-0.39, 0.29) is 25.0 Å². The first kappa shape index (κ1) is 28.1. The predicted octanol–water partition coefficient (Wildman–Crippen LogP) is 1.31. The number of aliphatic hydroxyl groups excluding tert-OH is 1. The van der Waals surface area contributed by atoms with Crippen LogP contribution in [0, 0.1) is 11.8 Å². The van der Waals surface area contributed by atoms with Gasteiger partial charge in [-0.1, -0.05) is 54.6 Å². The van der Waals surface area contributed by atoms with Gasteiger partial charge in [-0.25, -0.2) is 0 Å². The van der Waals surface area contributed by atoms with Crippen LogP contribution in [0.25, 0.3) is 0 Å². The molecule has 3 fully saturated rings. The number of carbonyl (C=O) groups is 3. The molecule has 5 aliphatic heterocycles. The highest BCUT2D eigenvalue weighted by Gasteiger charge is 2.75. The second-order valence-corrected chi connectivity index (χ2v) is 11.7. The summed E-state index contributed by atoms with van der Waals surface area (Å²) in [5.74, 6) is -3.05. The van der Waals surface area contributed by atoms with Crippen molar-refractivity contribution in [3.8, 4) is 0 Å². The standard InChI is InChI=1S/C31H39N3O7/c1-30-11-6-3-7-18-40-29(38)25(30)24-27(36)34(23(21-35)22-9-4-2-5-10-22)26-28(37)33(13-8-12-31(24,26)41-30)15-14-32-16-19-39-20-17-32/h2,4-6,8-12,23-26,35H,3,7,13-21H2,1H3/b11-6-/t23-,24+,25+,26?,30-,31+/m1/s1. The van der Waals surface area contributed by atoms with Crippen LogP contribution in [-0.2, 0) is 28.6 Å². The smallest absolute Gasteiger partial charge is 0.313 e. The van der Waals surface area contributed by atoms with Crippen LogP contribution in [0.4, 0.5) is 0 Å². The second-order valence-electron chi connectivity index (χ2n) is 11.7. The van der Waals surface area contributed by atoms with Crippen molar-refractivity contribution in [2.24, 2.45) is 11.8 Å². The number of aliphatic hydroxyl groups is 1. The van der Waals surface area contributed by atoms with E-state index in [0.717, 1.165) is 13.1 Å². The number of carbonyl (C=O) groups excluding carboxylic acids is 3. The van der Waals surface area contributed by atoms with Gasteiger partial charge in [-0.05, 0) is 25.3 Å². The molecule has 6 rings (SSSR count). The van der Waals surface area contributed by atoms with E-state index >= 15 is 0 Å². The fraction of sp³-hybridized carbons (Fsp3) is 0.581. The van der Waals surface area contributed by atoms with Crippen molar-refractivity contribution in [3.63, 3.8) is 0 Å². The largest absolute Gasteiger partial charge is 0.465 e. The number of fused-ring (bicyclic) bond motifs is 2. The Morgan fingerprint density at radius 2 is 1.76 bits per heavy atom. The molecule has 5 aliphatic rings. The molecule has 1 N–H and O–H groups in total. The van der Waals surface area contributed by atoms with Crippen molar-refractivity contribution in [1.29, 1.82) is 0 Å².